The molecule has 1 saturated carbocycles. The largest absolute Gasteiger partial charge is 0.573 e. The fourth-order valence-corrected chi connectivity index (χ4v) is 2.74. The van der Waals surface area contributed by atoms with Gasteiger partial charge < -0.3 is 15.4 Å². The summed E-state index contributed by atoms with van der Waals surface area (Å²) in [5, 5.41) is 6.42. The average Bonchev–Trinajstić information content (AvgIpc) is 3.47. The van der Waals surface area contributed by atoms with Crippen molar-refractivity contribution in [1.29, 1.82) is 0 Å². The SMILES string of the molecule is Cc1cc(OC(F)(F)F)ccc1Nc1cc(-c2ccccn2)nc(NC2CC2)n1. The summed E-state index contributed by atoms with van der Waals surface area (Å²) in [6.45, 7) is 1.69. The number of rotatable bonds is 6. The summed E-state index contributed by atoms with van der Waals surface area (Å²) < 4.78 is 41.2. The first-order valence-corrected chi connectivity index (χ1v) is 9.06. The molecule has 2 N–H and O–H groups in total. The number of hydrogen-bond donors (Lipinski definition) is 2. The van der Waals surface area contributed by atoms with Crippen molar-refractivity contribution in [1.82, 2.24) is 15.0 Å². The van der Waals surface area contributed by atoms with E-state index in [2.05, 4.69) is 30.3 Å². The fraction of sp³-hybridized carbons (Fsp3) is 0.250. The van der Waals surface area contributed by atoms with Crippen LogP contribution in [0.4, 0.5) is 30.6 Å². The zero-order valence-corrected chi connectivity index (χ0v) is 15.5. The van der Waals surface area contributed by atoms with E-state index in [9.17, 15) is 13.2 Å². The molecule has 2 heterocycles. The van der Waals surface area contributed by atoms with Crippen molar-refractivity contribution in [2.24, 2.45) is 0 Å². The molecule has 4 rings (SSSR count). The number of aromatic nitrogens is 3. The molecule has 2 aromatic heterocycles. The van der Waals surface area contributed by atoms with E-state index in [0.29, 0.717) is 40.4 Å². The number of anilines is 3. The van der Waals surface area contributed by atoms with Crippen molar-refractivity contribution in [2.75, 3.05) is 10.6 Å². The van der Waals surface area contributed by atoms with Gasteiger partial charge in [0, 0.05) is 24.0 Å². The summed E-state index contributed by atoms with van der Waals surface area (Å²) in [7, 11) is 0. The van der Waals surface area contributed by atoms with E-state index in [4.69, 9.17) is 0 Å². The molecule has 0 aliphatic heterocycles. The molecule has 0 amide bonds. The molecule has 0 atom stereocenters. The number of pyridine rings is 1. The average molecular weight is 401 g/mol. The van der Waals surface area contributed by atoms with Crippen LogP contribution >= 0.6 is 0 Å². The van der Waals surface area contributed by atoms with Crippen LogP contribution in [0.5, 0.6) is 5.75 Å². The van der Waals surface area contributed by atoms with Crippen LogP contribution in [-0.2, 0) is 0 Å². The summed E-state index contributed by atoms with van der Waals surface area (Å²) in [5.74, 6) is 0.720. The maximum atomic E-state index is 12.4. The molecule has 9 heteroatoms. The van der Waals surface area contributed by atoms with Crippen LogP contribution in [-0.4, -0.2) is 27.4 Å². The standard InChI is InChI=1S/C20H18F3N5O/c1-12-10-14(29-20(21,22)23)7-8-15(12)26-18-11-17(16-4-2-3-9-24-16)27-19(28-18)25-13-5-6-13/h2-4,7-11,13H,5-6H2,1H3,(H2,25,26,27,28). The third-order valence-electron chi connectivity index (χ3n) is 4.26. The van der Waals surface area contributed by atoms with Gasteiger partial charge in [-0.1, -0.05) is 6.07 Å². The molecule has 1 aromatic carbocycles. The molecule has 0 spiro atoms. The van der Waals surface area contributed by atoms with Crippen LogP contribution in [0.3, 0.4) is 0 Å². The lowest BCUT2D eigenvalue weighted by atomic mass is 10.2. The van der Waals surface area contributed by atoms with Gasteiger partial charge >= 0.3 is 6.36 Å². The summed E-state index contributed by atoms with van der Waals surface area (Å²) in [6.07, 6.45) is -0.906. The predicted octanol–water partition coefficient (Wildman–Crippen LogP) is 5.06. The molecule has 0 bridgehead atoms. The maximum absolute atomic E-state index is 12.4. The number of ether oxygens (including phenoxy) is 1. The molecule has 6 nitrogen and oxygen atoms in total. The first-order chi connectivity index (χ1) is 13.9. The van der Waals surface area contributed by atoms with Gasteiger partial charge in [0.05, 0.1) is 11.4 Å². The number of aryl methyl sites for hydroxylation is 1. The van der Waals surface area contributed by atoms with Crippen molar-refractivity contribution >= 4 is 17.5 Å². The topological polar surface area (TPSA) is 72.0 Å². The Bertz CT molecular complexity index is 1010. The van der Waals surface area contributed by atoms with Crippen LogP contribution in [0.15, 0.2) is 48.7 Å². The number of nitrogens with one attached hydrogen (secondary N) is 2. The smallest absolute Gasteiger partial charge is 0.406 e. The Kier molecular flexibility index (Phi) is 4.96. The highest BCUT2D eigenvalue weighted by molar-refractivity contribution is 5.67. The van der Waals surface area contributed by atoms with E-state index in [0.717, 1.165) is 12.8 Å². The Morgan fingerprint density at radius 1 is 1.03 bits per heavy atom. The van der Waals surface area contributed by atoms with Gasteiger partial charge in [0.15, 0.2) is 0 Å². The Balaban J connectivity index is 1.62. The highest BCUT2D eigenvalue weighted by atomic mass is 19.4. The summed E-state index contributed by atoms with van der Waals surface area (Å²) >= 11 is 0. The first-order valence-electron chi connectivity index (χ1n) is 9.06. The molecule has 1 aliphatic rings. The zero-order valence-electron chi connectivity index (χ0n) is 15.5. The van der Waals surface area contributed by atoms with E-state index in [1.54, 1.807) is 19.2 Å². The third kappa shape index (κ3) is 5.13. The van der Waals surface area contributed by atoms with Gasteiger partial charge in [0.25, 0.3) is 0 Å². The fourth-order valence-electron chi connectivity index (χ4n) is 2.74. The van der Waals surface area contributed by atoms with E-state index in [1.807, 2.05) is 18.2 Å². The van der Waals surface area contributed by atoms with Crippen LogP contribution in [0.2, 0.25) is 0 Å². The molecule has 1 aliphatic carbocycles. The monoisotopic (exact) mass is 401 g/mol. The Hall–Kier alpha value is -3.36. The second-order valence-corrected chi connectivity index (χ2v) is 6.75. The second kappa shape index (κ2) is 7.57. The highest BCUT2D eigenvalue weighted by Crippen LogP contribution is 2.30. The van der Waals surface area contributed by atoms with E-state index < -0.39 is 6.36 Å². The van der Waals surface area contributed by atoms with Gasteiger partial charge in [-0.05, 0) is 55.7 Å². The lowest BCUT2D eigenvalue weighted by molar-refractivity contribution is -0.274. The zero-order chi connectivity index (χ0) is 20.4. The van der Waals surface area contributed by atoms with E-state index >= 15 is 0 Å². The molecular weight excluding hydrogens is 383 g/mol. The Morgan fingerprint density at radius 3 is 2.52 bits per heavy atom. The number of benzene rings is 1. The van der Waals surface area contributed by atoms with Gasteiger partial charge in [-0.25, -0.2) is 4.98 Å². The molecule has 0 radical (unpaired) electrons. The van der Waals surface area contributed by atoms with Crippen molar-refractivity contribution in [3.8, 4) is 17.1 Å². The molecule has 150 valence electrons. The minimum atomic E-state index is -4.73. The molecule has 0 unspecified atom stereocenters. The highest BCUT2D eigenvalue weighted by Gasteiger charge is 2.31. The molecule has 1 fully saturated rings. The van der Waals surface area contributed by atoms with Crippen molar-refractivity contribution in [3.05, 3.63) is 54.2 Å². The van der Waals surface area contributed by atoms with Gasteiger partial charge in [-0.2, -0.15) is 4.98 Å². The van der Waals surface area contributed by atoms with Crippen molar-refractivity contribution in [3.63, 3.8) is 0 Å². The normalized spacial score (nSPS) is 13.8. The first kappa shape index (κ1) is 19.0. The molecule has 3 aromatic rings. The van der Waals surface area contributed by atoms with Gasteiger partial charge in [-0.3, -0.25) is 4.98 Å². The Morgan fingerprint density at radius 2 is 1.86 bits per heavy atom. The summed E-state index contributed by atoms with van der Waals surface area (Å²) in [6, 6.07) is 11.7. The molecule has 29 heavy (non-hydrogen) atoms. The number of hydrogen-bond acceptors (Lipinski definition) is 6. The van der Waals surface area contributed by atoms with Crippen LogP contribution in [0.25, 0.3) is 11.4 Å². The minimum Gasteiger partial charge on any atom is -0.406 e. The number of nitrogens with zero attached hydrogens (tertiary/aromatic N) is 3. The van der Waals surface area contributed by atoms with E-state index in [1.165, 1.54) is 18.2 Å². The lowest BCUT2D eigenvalue weighted by Gasteiger charge is -2.14. The van der Waals surface area contributed by atoms with Crippen molar-refractivity contribution in [2.45, 2.75) is 32.2 Å². The number of halogens is 3. The minimum absolute atomic E-state index is 0.270. The van der Waals surface area contributed by atoms with Gasteiger partial charge in [0.1, 0.15) is 11.6 Å². The third-order valence-corrected chi connectivity index (χ3v) is 4.26. The molecular formula is C20H18F3N5O. The quantitative estimate of drug-likeness (QED) is 0.601. The van der Waals surface area contributed by atoms with Crippen molar-refractivity contribution < 1.29 is 17.9 Å². The number of alkyl halides is 3. The van der Waals surface area contributed by atoms with Crippen LogP contribution in [0, 0.1) is 6.92 Å². The molecule has 0 saturated heterocycles. The van der Waals surface area contributed by atoms with Crippen LogP contribution in [0.1, 0.15) is 18.4 Å². The summed E-state index contributed by atoms with van der Waals surface area (Å²) in [4.78, 5) is 13.3. The maximum Gasteiger partial charge on any atom is 0.573 e. The second-order valence-electron chi connectivity index (χ2n) is 6.75. The van der Waals surface area contributed by atoms with Crippen LogP contribution < -0.4 is 15.4 Å². The van der Waals surface area contributed by atoms with Gasteiger partial charge in [0.2, 0.25) is 5.95 Å². The van der Waals surface area contributed by atoms with E-state index in [-0.39, 0.29) is 5.75 Å². The summed E-state index contributed by atoms with van der Waals surface area (Å²) in [5.41, 5.74) is 2.53. The lowest BCUT2D eigenvalue weighted by Crippen LogP contribution is -2.17. The van der Waals surface area contributed by atoms with Gasteiger partial charge in [-0.15, -0.1) is 13.2 Å². The Labute approximate surface area is 165 Å². The predicted molar refractivity (Wildman–Crippen MR) is 103 cm³/mol.